The van der Waals surface area contributed by atoms with Gasteiger partial charge in [0.2, 0.25) is 5.91 Å². The van der Waals surface area contributed by atoms with Gasteiger partial charge in [-0.1, -0.05) is 29.8 Å². The molecule has 4 rings (SSSR count). The Hall–Kier alpha value is -2.66. The first kappa shape index (κ1) is 19.6. The van der Waals surface area contributed by atoms with E-state index in [-0.39, 0.29) is 28.5 Å². The highest BCUT2D eigenvalue weighted by molar-refractivity contribution is 6.33. The van der Waals surface area contributed by atoms with Gasteiger partial charge in [-0.05, 0) is 55.9 Å². The van der Waals surface area contributed by atoms with Crippen molar-refractivity contribution in [1.82, 2.24) is 4.98 Å². The minimum atomic E-state index is -0.437. The highest BCUT2D eigenvalue weighted by Gasteiger charge is 2.28. The fraction of sp³-hybridized carbons (Fsp3) is 0.304. The van der Waals surface area contributed by atoms with Crippen LogP contribution in [0, 0.1) is 17.7 Å². The predicted molar refractivity (Wildman–Crippen MR) is 113 cm³/mol. The van der Waals surface area contributed by atoms with E-state index in [2.05, 4.69) is 10.3 Å². The van der Waals surface area contributed by atoms with Crippen molar-refractivity contribution >= 4 is 39.9 Å². The highest BCUT2D eigenvalue weighted by Crippen LogP contribution is 2.34. The molecular weight excluding hydrogens is 391 g/mol. The molecule has 29 heavy (non-hydrogen) atoms. The Kier molecular flexibility index (Phi) is 5.67. The number of aromatic amines is 1. The first-order valence-electron chi connectivity index (χ1n) is 9.86. The molecule has 0 saturated heterocycles. The van der Waals surface area contributed by atoms with Gasteiger partial charge in [0.1, 0.15) is 5.82 Å². The molecular formula is C23H22ClFN2O2. The maximum Gasteiger partial charge on any atom is 0.227 e. The van der Waals surface area contributed by atoms with Crippen LogP contribution in [0.2, 0.25) is 5.02 Å². The highest BCUT2D eigenvalue weighted by atomic mass is 35.5. The van der Waals surface area contributed by atoms with Crippen molar-refractivity contribution in [3.05, 3.63) is 65.1 Å². The molecule has 0 bridgehead atoms. The number of para-hydroxylation sites is 1. The average Bonchev–Trinajstić information content (AvgIpc) is 3.15. The number of carbonyl (C=O) groups is 2. The Bertz CT molecular complexity index is 1050. The van der Waals surface area contributed by atoms with Gasteiger partial charge in [0.05, 0.1) is 10.7 Å². The van der Waals surface area contributed by atoms with Crippen LogP contribution in [-0.4, -0.2) is 16.7 Å². The summed E-state index contributed by atoms with van der Waals surface area (Å²) in [5, 5.41) is 3.95. The van der Waals surface area contributed by atoms with Crippen molar-refractivity contribution in [3.8, 4) is 0 Å². The monoisotopic (exact) mass is 412 g/mol. The third-order valence-electron chi connectivity index (χ3n) is 5.77. The summed E-state index contributed by atoms with van der Waals surface area (Å²) in [4.78, 5) is 28.4. The van der Waals surface area contributed by atoms with E-state index in [1.165, 1.54) is 18.2 Å². The van der Waals surface area contributed by atoms with Crippen LogP contribution in [0.4, 0.5) is 10.1 Å². The van der Waals surface area contributed by atoms with E-state index in [1.54, 1.807) is 6.20 Å². The Morgan fingerprint density at radius 2 is 1.86 bits per heavy atom. The van der Waals surface area contributed by atoms with Gasteiger partial charge in [0.15, 0.2) is 5.78 Å². The van der Waals surface area contributed by atoms with Crippen LogP contribution in [-0.2, 0) is 4.79 Å². The largest absolute Gasteiger partial charge is 0.360 e. The molecule has 1 aromatic heterocycles. The average molecular weight is 413 g/mol. The Labute approximate surface area is 173 Å². The lowest BCUT2D eigenvalue weighted by Gasteiger charge is -2.27. The van der Waals surface area contributed by atoms with Gasteiger partial charge in [0.25, 0.3) is 0 Å². The molecule has 0 unspecified atom stereocenters. The predicted octanol–water partition coefficient (Wildman–Crippen LogP) is 5.98. The number of aromatic nitrogens is 1. The number of benzene rings is 2. The molecule has 1 aliphatic carbocycles. The van der Waals surface area contributed by atoms with Crippen molar-refractivity contribution in [2.75, 3.05) is 5.32 Å². The van der Waals surface area contributed by atoms with Crippen LogP contribution in [0.1, 0.15) is 42.5 Å². The molecule has 1 saturated carbocycles. The zero-order valence-corrected chi connectivity index (χ0v) is 16.6. The number of nitrogens with one attached hydrogen (secondary N) is 2. The number of Topliss-reactive ketones (excluding diaryl/α,β-unsaturated/α-hetero) is 1. The van der Waals surface area contributed by atoms with Gasteiger partial charge >= 0.3 is 0 Å². The third kappa shape index (κ3) is 4.35. The molecule has 1 fully saturated rings. The number of anilines is 1. The summed E-state index contributed by atoms with van der Waals surface area (Å²) in [7, 11) is 0. The summed E-state index contributed by atoms with van der Waals surface area (Å²) in [6.07, 6.45) is 5.43. The van der Waals surface area contributed by atoms with E-state index in [1.807, 2.05) is 24.3 Å². The Balaban J connectivity index is 1.32. The van der Waals surface area contributed by atoms with E-state index in [4.69, 9.17) is 11.6 Å². The molecule has 1 aliphatic rings. The van der Waals surface area contributed by atoms with Crippen LogP contribution in [0.15, 0.2) is 48.7 Å². The van der Waals surface area contributed by atoms with Crippen molar-refractivity contribution < 1.29 is 14.0 Å². The summed E-state index contributed by atoms with van der Waals surface area (Å²) >= 11 is 5.99. The molecule has 0 radical (unpaired) electrons. The third-order valence-corrected chi connectivity index (χ3v) is 6.08. The first-order chi connectivity index (χ1) is 14.0. The van der Waals surface area contributed by atoms with Crippen molar-refractivity contribution in [2.45, 2.75) is 32.1 Å². The molecule has 0 aliphatic heterocycles. The number of hydrogen-bond acceptors (Lipinski definition) is 2. The van der Waals surface area contributed by atoms with Crippen molar-refractivity contribution in [2.24, 2.45) is 11.8 Å². The van der Waals surface area contributed by atoms with Gasteiger partial charge in [-0.2, -0.15) is 0 Å². The molecule has 0 spiro atoms. The maximum atomic E-state index is 13.1. The standard InChI is InChI=1S/C23H22ClFN2O2/c24-19-12-16(25)9-10-21(19)27-23(29)15-7-5-14(6-8-15)11-22(28)18-13-26-20-4-2-1-3-17(18)20/h1-4,9-10,12-15,26H,5-8,11H2,(H,27,29). The molecule has 6 heteroatoms. The molecule has 2 N–H and O–H groups in total. The zero-order chi connectivity index (χ0) is 20.4. The molecule has 2 aromatic carbocycles. The van der Waals surface area contributed by atoms with Crippen LogP contribution < -0.4 is 5.32 Å². The van der Waals surface area contributed by atoms with Crippen molar-refractivity contribution in [3.63, 3.8) is 0 Å². The fourth-order valence-corrected chi connectivity index (χ4v) is 4.34. The topological polar surface area (TPSA) is 62.0 Å². The van der Waals surface area contributed by atoms with Crippen LogP contribution in [0.3, 0.4) is 0 Å². The molecule has 150 valence electrons. The summed E-state index contributed by atoms with van der Waals surface area (Å²) in [6, 6.07) is 11.7. The Morgan fingerprint density at radius 3 is 2.62 bits per heavy atom. The number of fused-ring (bicyclic) bond motifs is 1. The van der Waals surface area contributed by atoms with Gasteiger partial charge in [-0.25, -0.2) is 4.39 Å². The summed E-state index contributed by atoms with van der Waals surface area (Å²) in [5.74, 6) is -0.216. The lowest BCUT2D eigenvalue weighted by Crippen LogP contribution is -2.28. The van der Waals surface area contributed by atoms with E-state index in [0.29, 0.717) is 12.1 Å². The Morgan fingerprint density at radius 1 is 1.10 bits per heavy atom. The van der Waals surface area contributed by atoms with Crippen LogP contribution in [0.5, 0.6) is 0 Å². The minimum absolute atomic E-state index is 0.0973. The van der Waals surface area contributed by atoms with Crippen LogP contribution in [0.25, 0.3) is 10.9 Å². The maximum absolute atomic E-state index is 13.1. The molecule has 4 nitrogen and oxygen atoms in total. The zero-order valence-electron chi connectivity index (χ0n) is 15.9. The quantitative estimate of drug-likeness (QED) is 0.506. The summed E-state index contributed by atoms with van der Waals surface area (Å²) in [6.45, 7) is 0. The van der Waals surface area contributed by atoms with Crippen molar-refractivity contribution in [1.29, 1.82) is 0 Å². The smallest absolute Gasteiger partial charge is 0.227 e. The first-order valence-corrected chi connectivity index (χ1v) is 10.2. The summed E-state index contributed by atoms with van der Waals surface area (Å²) in [5.41, 5.74) is 2.14. The van der Waals surface area contributed by atoms with Gasteiger partial charge < -0.3 is 10.3 Å². The molecule has 1 heterocycles. The van der Waals surface area contributed by atoms with Gasteiger partial charge in [-0.3, -0.25) is 9.59 Å². The second-order valence-electron chi connectivity index (χ2n) is 7.71. The number of hydrogen-bond donors (Lipinski definition) is 2. The van der Waals surface area contributed by atoms with E-state index >= 15 is 0 Å². The lowest BCUT2D eigenvalue weighted by atomic mass is 9.79. The molecule has 3 aromatic rings. The van der Waals surface area contributed by atoms with E-state index in [9.17, 15) is 14.0 Å². The number of halogens is 2. The second kappa shape index (κ2) is 8.37. The van der Waals surface area contributed by atoms with E-state index in [0.717, 1.165) is 42.1 Å². The van der Waals surface area contributed by atoms with Gasteiger partial charge in [-0.15, -0.1) is 0 Å². The number of rotatable bonds is 5. The van der Waals surface area contributed by atoms with E-state index < -0.39 is 5.82 Å². The number of ketones is 1. The molecule has 1 amide bonds. The second-order valence-corrected chi connectivity index (χ2v) is 8.11. The fourth-order valence-electron chi connectivity index (χ4n) is 4.13. The van der Waals surface area contributed by atoms with Gasteiger partial charge in [0, 0.05) is 35.0 Å². The van der Waals surface area contributed by atoms with Crippen LogP contribution >= 0.6 is 11.6 Å². The molecule has 0 atom stereocenters. The summed E-state index contributed by atoms with van der Waals surface area (Å²) < 4.78 is 13.1. The lowest BCUT2D eigenvalue weighted by molar-refractivity contribution is -0.121. The number of carbonyl (C=O) groups excluding carboxylic acids is 2. The number of H-pyrrole nitrogens is 1. The normalized spacial score (nSPS) is 19.2. The minimum Gasteiger partial charge on any atom is -0.360 e. The number of amides is 1. The SMILES string of the molecule is O=C(CC1CCC(C(=O)Nc2ccc(F)cc2Cl)CC1)c1c[nH]c2ccccc12.